The van der Waals surface area contributed by atoms with Crippen LogP contribution >= 0.6 is 0 Å². The van der Waals surface area contributed by atoms with E-state index in [9.17, 15) is 4.79 Å². The Labute approximate surface area is 135 Å². The first-order chi connectivity index (χ1) is 11.0. The van der Waals surface area contributed by atoms with Crippen molar-refractivity contribution < 1.29 is 9.21 Å². The standard InChI is InChI=1S/C19H18N2O2/c1-12-9-10-16(11-13(12)2)20-18(22)17-14(3)23-19(21-17)15-7-5-4-6-8-15/h4-11H,1-3H3,(H,20,22). The van der Waals surface area contributed by atoms with E-state index in [1.54, 1.807) is 6.92 Å². The summed E-state index contributed by atoms with van der Waals surface area (Å²) in [5.41, 5.74) is 4.22. The van der Waals surface area contributed by atoms with Gasteiger partial charge in [0.25, 0.3) is 5.91 Å². The molecule has 1 N–H and O–H groups in total. The van der Waals surface area contributed by atoms with E-state index in [-0.39, 0.29) is 5.91 Å². The minimum atomic E-state index is -0.267. The first-order valence-electron chi connectivity index (χ1n) is 7.46. The third kappa shape index (κ3) is 3.16. The van der Waals surface area contributed by atoms with E-state index in [1.807, 2.05) is 62.4 Å². The van der Waals surface area contributed by atoms with Crippen molar-refractivity contribution >= 4 is 11.6 Å². The van der Waals surface area contributed by atoms with Crippen LogP contribution in [0.2, 0.25) is 0 Å². The molecular formula is C19H18N2O2. The van der Waals surface area contributed by atoms with Crippen molar-refractivity contribution in [3.63, 3.8) is 0 Å². The Morgan fingerprint density at radius 1 is 1.00 bits per heavy atom. The van der Waals surface area contributed by atoms with Gasteiger partial charge in [-0.15, -0.1) is 0 Å². The molecule has 0 aliphatic carbocycles. The topological polar surface area (TPSA) is 55.1 Å². The molecule has 1 heterocycles. The van der Waals surface area contributed by atoms with Crippen molar-refractivity contribution in [3.05, 3.63) is 71.1 Å². The van der Waals surface area contributed by atoms with Gasteiger partial charge in [0.1, 0.15) is 5.76 Å². The van der Waals surface area contributed by atoms with E-state index in [0.717, 1.165) is 16.8 Å². The molecule has 0 fully saturated rings. The van der Waals surface area contributed by atoms with E-state index in [0.29, 0.717) is 17.3 Å². The Hall–Kier alpha value is -2.88. The molecule has 0 aliphatic rings. The first kappa shape index (κ1) is 15.0. The quantitative estimate of drug-likeness (QED) is 0.774. The maximum absolute atomic E-state index is 12.4. The molecule has 1 amide bonds. The fraction of sp³-hybridized carbons (Fsp3) is 0.158. The maximum Gasteiger partial charge on any atom is 0.277 e. The van der Waals surface area contributed by atoms with Crippen molar-refractivity contribution in [3.8, 4) is 11.5 Å². The summed E-state index contributed by atoms with van der Waals surface area (Å²) in [6.45, 7) is 5.80. The van der Waals surface area contributed by atoms with Gasteiger partial charge in [-0.1, -0.05) is 24.3 Å². The summed E-state index contributed by atoms with van der Waals surface area (Å²) in [4.78, 5) is 16.8. The lowest BCUT2D eigenvalue weighted by Crippen LogP contribution is -2.13. The number of nitrogens with zero attached hydrogens (tertiary/aromatic N) is 1. The number of oxazole rings is 1. The fourth-order valence-electron chi connectivity index (χ4n) is 2.32. The summed E-state index contributed by atoms with van der Waals surface area (Å²) in [5.74, 6) is 0.690. The number of hydrogen-bond donors (Lipinski definition) is 1. The minimum absolute atomic E-state index is 0.267. The lowest BCUT2D eigenvalue weighted by Gasteiger charge is -2.06. The summed E-state index contributed by atoms with van der Waals surface area (Å²) >= 11 is 0. The molecule has 0 atom stereocenters. The van der Waals surface area contributed by atoms with Gasteiger partial charge < -0.3 is 9.73 Å². The Bertz CT molecular complexity index is 851. The SMILES string of the molecule is Cc1ccc(NC(=O)c2nc(-c3ccccc3)oc2C)cc1C. The third-order valence-corrected chi connectivity index (χ3v) is 3.80. The molecule has 4 heteroatoms. The summed E-state index contributed by atoms with van der Waals surface area (Å²) in [6, 6.07) is 15.3. The molecule has 0 bridgehead atoms. The number of aryl methyl sites for hydroxylation is 3. The number of carbonyl (C=O) groups is 1. The Morgan fingerprint density at radius 3 is 2.43 bits per heavy atom. The van der Waals surface area contributed by atoms with Gasteiger partial charge >= 0.3 is 0 Å². The highest BCUT2D eigenvalue weighted by Crippen LogP contribution is 2.22. The van der Waals surface area contributed by atoms with Gasteiger partial charge in [0, 0.05) is 11.3 Å². The molecule has 0 radical (unpaired) electrons. The zero-order valence-electron chi connectivity index (χ0n) is 13.4. The monoisotopic (exact) mass is 306 g/mol. The highest BCUT2D eigenvalue weighted by atomic mass is 16.4. The van der Waals surface area contributed by atoms with Crippen LogP contribution < -0.4 is 5.32 Å². The number of benzene rings is 2. The number of carbonyl (C=O) groups excluding carboxylic acids is 1. The lowest BCUT2D eigenvalue weighted by atomic mass is 10.1. The number of nitrogens with one attached hydrogen (secondary N) is 1. The van der Waals surface area contributed by atoms with E-state index >= 15 is 0 Å². The zero-order chi connectivity index (χ0) is 16.4. The number of amides is 1. The molecule has 0 aliphatic heterocycles. The van der Waals surface area contributed by atoms with Crippen LogP contribution in [0.3, 0.4) is 0 Å². The van der Waals surface area contributed by atoms with Crippen LogP contribution in [0.15, 0.2) is 52.9 Å². The van der Waals surface area contributed by atoms with Crippen LogP contribution in [-0.2, 0) is 0 Å². The number of hydrogen-bond acceptors (Lipinski definition) is 3. The molecule has 116 valence electrons. The van der Waals surface area contributed by atoms with Crippen molar-refractivity contribution in [2.75, 3.05) is 5.32 Å². The summed E-state index contributed by atoms with van der Waals surface area (Å²) < 4.78 is 5.63. The predicted octanol–water partition coefficient (Wildman–Crippen LogP) is 4.52. The average Bonchev–Trinajstić information content (AvgIpc) is 2.94. The van der Waals surface area contributed by atoms with Gasteiger partial charge in [-0.25, -0.2) is 4.98 Å². The van der Waals surface area contributed by atoms with Gasteiger partial charge in [-0.05, 0) is 56.2 Å². The largest absolute Gasteiger partial charge is 0.441 e. The van der Waals surface area contributed by atoms with E-state index < -0.39 is 0 Å². The van der Waals surface area contributed by atoms with E-state index in [2.05, 4.69) is 10.3 Å². The lowest BCUT2D eigenvalue weighted by molar-refractivity contribution is 0.102. The predicted molar refractivity (Wildman–Crippen MR) is 90.5 cm³/mol. The summed E-state index contributed by atoms with van der Waals surface area (Å²) in [6.07, 6.45) is 0. The van der Waals surface area contributed by atoms with Gasteiger partial charge in [-0.3, -0.25) is 4.79 Å². The first-order valence-corrected chi connectivity index (χ1v) is 7.46. The van der Waals surface area contributed by atoms with E-state index in [1.165, 1.54) is 5.56 Å². The zero-order valence-corrected chi connectivity index (χ0v) is 13.4. The smallest absolute Gasteiger partial charge is 0.277 e. The average molecular weight is 306 g/mol. The normalized spacial score (nSPS) is 10.6. The fourth-order valence-corrected chi connectivity index (χ4v) is 2.32. The molecule has 0 saturated heterocycles. The van der Waals surface area contributed by atoms with Crippen LogP contribution in [0.25, 0.3) is 11.5 Å². The molecule has 0 unspecified atom stereocenters. The van der Waals surface area contributed by atoms with Crippen LogP contribution in [0.4, 0.5) is 5.69 Å². The number of aromatic nitrogens is 1. The van der Waals surface area contributed by atoms with Gasteiger partial charge in [0.2, 0.25) is 5.89 Å². The van der Waals surface area contributed by atoms with Crippen LogP contribution in [-0.4, -0.2) is 10.9 Å². The second-order valence-electron chi connectivity index (χ2n) is 5.54. The van der Waals surface area contributed by atoms with Crippen LogP contribution in [0, 0.1) is 20.8 Å². The Kier molecular flexibility index (Phi) is 3.98. The van der Waals surface area contributed by atoms with Crippen LogP contribution in [0.1, 0.15) is 27.4 Å². The molecule has 2 aromatic carbocycles. The van der Waals surface area contributed by atoms with E-state index in [4.69, 9.17) is 4.42 Å². The van der Waals surface area contributed by atoms with Crippen molar-refractivity contribution in [1.82, 2.24) is 4.98 Å². The molecule has 0 saturated carbocycles. The number of rotatable bonds is 3. The number of anilines is 1. The van der Waals surface area contributed by atoms with Gasteiger partial charge in [0.15, 0.2) is 5.69 Å². The van der Waals surface area contributed by atoms with Crippen molar-refractivity contribution in [1.29, 1.82) is 0 Å². The minimum Gasteiger partial charge on any atom is -0.441 e. The van der Waals surface area contributed by atoms with Crippen molar-refractivity contribution in [2.24, 2.45) is 0 Å². The molecule has 1 aromatic heterocycles. The summed E-state index contributed by atoms with van der Waals surface area (Å²) in [7, 11) is 0. The van der Waals surface area contributed by atoms with Gasteiger partial charge in [0.05, 0.1) is 0 Å². The molecule has 4 nitrogen and oxygen atoms in total. The second kappa shape index (κ2) is 6.08. The highest BCUT2D eigenvalue weighted by molar-refractivity contribution is 6.03. The highest BCUT2D eigenvalue weighted by Gasteiger charge is 2.18. The molecule has 23 heavy (non-hydrogen) atoms. The molecule has 3 aromatic rings. The van der Waals surface area contributed by atoms with Crippen molar-refractivity contribution in [2.45, 2.75) is 20.8 Å². The summed E-state index contributed by atoms with van der Waals surface area (Å²) in [5, 5.41) is 2.87. The molecule has 3 rings (SSSR count). The molecular weight excluding hydrogens is 288 g/mol. The molecule has 0 spiro atoms. The van der Waals surface area contributed by atoms with Gasteiger partial charge in [-0.2, -0.15) is 0 Å². The second-order valence-corrected chi connectivity index (χ2v) is 5.54. The van der Waals surface area contributed by atoms with Crippen LogP contribution in [0.5, 0.6) is 0 Å². The third-order valence-electron chi connectivity index (χ3n) is 3.80. The maximum atomic E-state index is 12.4. The Balaban J connectivity index is 1.85. The Morgan fingerprint density at radius 2 is 1.74 bits per heavy atom.